The summed E-state index contributed by atoms with van der Waals surface area (Å²) in [5.41, 5.74) is 5.51. The zero-order chi connectivity index (χ0) is 9.42. The van der Waals surface area contributed by atoms with E-state index in [9.17, 15) is 4.79 Å². The Morgan fingerprint density at radius 1 is 1.38 bits per heavy atom. The SMILES string of the molecule is N[C@@H](CC1CCC2CC2C1)C(=O)O. The van der Waals surface area contributed by atoms with Gasteiger partial charge in [0.15, 0.2) is 0 Å². The first-order chi connectivity index (χ1) is 6.16. The lowest BCUT2D eigenvalue weighted by molar-refractivity contribution is -0.139. The molecule has 0 aromatic heterocycles. The fourth-order valence-corrected chi connectivity index (χ4v) is 2.62. The average molecular weight is 183 g/mol. The van der Waals surface area contributed by atoms with Crippen molar-refractivity contribution in [2.45, 2.75) is 38.1 Å². The van der Waals surface area contributed by atoms with Crippen LogP contribution in [0.3, 0.4) is 0 Å². The van der Waals surface area contributed by atoms with Gasteiger partial charge in [0.25, 0.3) is 0 Å². The molecule has 0 aromatic carbocycles. The summed E-state index contributed by atoms with van der Waals surface area (Å²) in [6.45, 7) is 0. The van der Waals surface area contributed by atoms with Gasteiger partial charge in [-0.2, -0.15) is 0 Å². The van der Waals surface area contributed by atoms with Crippen LogP contribution in [0.1, 0.15) is 32.1 Å². The fourth-order valence-electron chi connectivity index (χ4n) is 2.62. The summed E-state index contributed by atoms with van der Waals surface area (Å²) in [5.74, 6) is 1.63. The summed E-state index contributed by atoms with van der Waals surface area (Å²) in [7, 11) is 0. The quantitative estimate of drug-likeness (QED) is 0.691. The van der Waals surface area contributed by atoms with E-state index in [2.05, 4.69) is 0 Å². The predicted molar refractivity (Wildman–Crippen MR) is 49.2 cm³/mol. The van der Waals surface area contributed by atoms with Crippen molar-refractivity contribution in [2.24, 2.45) is 23.5 Å². The monoisotopic (exact) mass is 183 g/mol. The maximum atomic E-state index is 10.5. The van der Waals surface area contributed by atoms with Gasteiger partial charge in [-0.25, -0.2) is 0 Å². The summed E-state index contributed by atoms with van der Waals surface area (Å²) in [6, 6.07) is -0.639. The summed E-state index contributed by atoms with van der Waals surface area (Å²) in [5, 5.41) is 8.66. The molecule has 0 spiro atoms. The first-order valence-corrected chi connectivity index (χ1v) is 5.15. The molecule has 0 amide bonds. The first kappa shape index (κ1) is 9.00. The average Bonchev–Trinajstić information content (AvgIpc) is 2.81. The van der Waals surface area contributed by atoms with Crippen molar-refractivity contribution < 1.29 is 9.90 Å². The van der Waals surface area contributed by atoms with Crippen molar-refractivity contribution in [3.63, 3.8) is 0 Å². The van der Waals surface area contributed by atoms with Crippen molar-refractivity contribution in [1.82, 2.24) is 0 Å². The molecule has 2 saturated carbocycles. The smallest absolute Gasteiger partial charge is 0.320 e. The molecule has 0 aliphatic heterocycles. The third-order valence-electron chi connectivity index (χ3n) is 3.56. The molecule has 2 aliphatic carbocycles. The van der Waals surface area contributed by atoms with Crippen LogP contribution in [0.5, 0.6) is 0 Å². The van der Waals surface area contributed by atoms with Crippen molar-refractivity contribution in [3.05, 3.63) is 0 Å². The second kappa shape index (κ2) is 3.29. The molecule has 3 N–H and O–H groups in total. The number of rotatable bonds is 3. The van der Waals surface area contributed by atoms with Crippen molar-refractivity contribution in [2.75, 3.05) is 0 Å². The van der Waals surface area contributed by atoms with Gasteiger partial charge in [-0.3, -0.25) is 4.79 Å². The highest BCUT2D eigenvalue weighted by Gasteiger charge is 2.42. The summed E-state index contributed by atoms with van der Waals surface area (Å²) in [6.07, 6.45) is 5.80. The number of aliphatic carboxylic acids is 1. The Bertz CT molecular complexity index is 217. The van der Waals surface area contributed by atoms with Gasteiger partial charge in [-0.1, -0.05) is 6.42 Å². The fraction of sp³-hybridized carbons (Fsp3) is 0.900. The van der Waals surface area contributed by atoms with Gasteiger partial charge in [0.1, 0.15) is 6.04 Å². The zero-order valence-corrected chi connectivity index (χ0v) is 7.78. The minimum absolute atomic E-state index is 0.579. The van der Waals surface area contributed by atoms with E-state index in [1.54, 1.807) is 0 Å². The van der Waals surface area contributed by atoms with Gasteiger partial charge in [-0.05, 0) is 43.4 Å². The molecule has 0 saturated heterocycles. The second-order valence-corrected chi connectivity index (χ2v) is 4.62. The van der Waals surface area contributed by atoms with Crippen LogP contribution in [0.2, 0.25) is 0 Å². The van der Waals surface area contributed by atoms with Gasteiger partial charge >= 0.3 is 5.97 Å². The molecule has 3 unspecified atom stereocenters. The highest BCUT2D eigenvalue weighted by atomic mass is 16.4. The number of carbonyl (C=O) groups is 1. The highest BCUT2D eigenvalue weighted by Crippen LogP contribution is 2.52. The van der Waals surface area contributed by atoms with Crippen LogP contribution in [0, 0.1) is 17.8 Å². The molecular formula is C10H17NO2. The zero-order valence-electron chi connectivity index (χ0n) is 7.78. The molecule has 0 heterocycles. The molecule has 0 aromatic rings. The molecule has 2 aliphatic rings. The Balaban J connectivity index is 1.77. The third-order valence-corrected chi connectivity index (χ3v) is 3.56. The minimum Gasteiger partial charge on any atom is -0.480 e. The Morgan fingerprint density at radius 3 is 2.77 bits per heavy atom. The van der Waals surface area contributed by atoms with Gasteiger partial charge < -0.3 is 10.8 Å². The van der Waals surface area contributed by atoms with Crippen LogP contribution >= 0.6 is 0 Å². The molecule has 74 valence electrons. The number of nitrogens with two attached hydrogens (primary N) is 1. The molecule has 4 atom stereocenters. The van der Waals surface area contributed by atoms with Crippen LogP contribution in [0.25, 0.3) is 0 Å². The second-order valence-electron chi connectivity index (χ2n) is 4.62. The van der Waals surface area contributed by atoms with Crippen molar-refractivity contribution >= 4 is 5.97 Å². The minimum atomic E-state index is -0.849. The molecular weight excluding hydrogens is 166 g/mol. The molecule has 0 bridgehead atoms. The topological polar surface area (TPSA) is 63.3 Å². The molecule has 3 heteroatoms. The van der Waals surface area contributed by atoms with Gasteiger partial charge in [0.2, 0.25) is 0 Å². The van der Waals surface area contributed by atoms with Crippen LogP contribution in [-0.2, 0) is 4.79 Å². The van der Waals surface area contributed by atoms with Gasteiger partial charge in [0.05, 0.1) is 0 Å². The Kier molecular flexibility index (Phi) is 2.28. The van der Waals surface area contributed by atoms with Crippen LogP contribution in [0.4, 0.5) is 0 Å². The lowest BCUT2D eigenvalue weighted by atomic mass is 9.85. The third kappa shape index (κ3) is 2.02. The largest absolute Gasteiger partial charge is 0.480 e. The number of carboxylic acids is 1. The summed E-state index contributed by atoms with van der Waals surface area (Å²) >= 11 is 0. The Morgan fingerprint density at radius 2 is 2.15 bits per heavy atom. The summed E-state index contributed by atoms with van der Waals surface area (Å²) < 4.78 is 0. The Hall–Kier alpha value is -0.570. The molecule has 2 fully saturated rings. The van der Waals surface area contributed by atoms with Crippen molar-refractivity contribution in [3.8, 4) is 0 Å². The highest BCUT2D eigenvalue weighted by molar-refractivity contribution is 5.73. The number of hydrogen-bond donors (Lipinski definition) is 2. The van der Waals surface area contributed by atoms with E-state index in [1.807, 2.05) is 0 Å². The van der Waals surface area contributed by atoms with E-state index < -0.39 is 12.0 Å². The van der Waals surface area contributed by atoms with Gasteiger partial charge in [0, 0.05) is 0 Å². The lowest BCUT2D eigenvalue weighted by Crippen LogP contribution is -2.33. The first-order valence-electron chi connectivity index (χ1n) is 5.15. The molecule has 3 nitrogen and oxygen atoms in total. The Labute approximate surface area is 78.3 Å². The van der Waals surface area contributed by atoms with E-state index in [0.29, 0.717) is 12.3 Å². The maximum Gasteiger partial charge on any atom is 0.320 e. The van der Waals surface area contributed by atoms with E-state index in [-0.39, 0.29) is 0 Å². The number of hydrogen-bond acceptors (Lipinski definition) is 2. The maximum absolute atomic E-state index is 10.5. The normalized spacial score (nSPS) is 39.3. The van der Waals surface area contributed by atoms with E-state index in [1.165, 1.54) is 25.7 Å². The predicted octanol–water partition coefficient (Wildman–Crippen LogP) is 1.22. The molecule has 2 rings (SSSR count). The number of carboxylic acid groups (broad SMARTS) is 1. The summed E-state index contributed by atoms with van der Waals surface area (Å²) in [4.78, 5) is 10.5. The van der Waals surface area contributed by atoms with Crippen molar-refractivity contribution in [1.29, 1.82) is 0 Å². The van der Waals surface area contributed by atoms with E-state index in [0.717, 1.165) is 11.8 Å². The standard InChI is InChI=1S/C10H17NO2/c11-9(10(12)13)4-6-1-2-7-5-8(7)3-6/h6-9H,1-5,11H2,(H,12,13)/t6?,7?,8?,9-/m0/s1. The van der Waals surface area contributed by atoms with Crippen LogP contribution in [0.15, 0.2) is 0 Å². The molecule has 13 heavy (non-hydrogen) atoms. The number of fused-ring (bicyclic) bond motifs is 1. The van der Waals surface area contributed by atoms with Crippen LogP contribution in [-0.4, -0.2) is 17.1 Å². The van der Waals surface area contributed by atoms with Crippen LogP contribution < -0.4 is 5.73 Å². The lowest BCUT2D eigenvalue weighted by Gasteiger charge is -2.22. The van der Waals surface area contributed by atoms with E-state index in [4.69, 9.17) is 10.8 Å². The van der Waals surface area contributed by atoms with Gasteiger partial charge in [-0.15, -0.1) is 0 Å². The van der Waals surface area contributed by atoms with E-state index >= 15 is 0 Å². The molecule has 0 radical (unpaired) electrons.